The van der Waals surface area contributed by atoms with E-state index >= 15 is 0 Å². The van der Waals surface area contributed by atoms with E-state index in [1.54, 1.807) is 13.8 Å². The Morgan fingerprint density at radius 2 is 2.22 bits per heavy atom. The highest BCUT2D eigenvalue weighted by atomic mass is 16.9. The molecule has 1 aliphatic rings. The van der Waals surface area contributed by atoms with Crippen LogP contribution in [0.2, 0.25) is 0 Å². The zero-order valence-corrected chi connectivity index (χ0v) is 12.7. The predicted molar refractivity (Wildman–Crippen MR) is 76.4 cm³/mol. The Morgan fingerprint density at radius 1 is 1.48 bits per heavy atom. The van der Waals surface area contributed by atoms with Crippen LogP contribution in [0.25, 0.3) is 0 Å². The summed E-state index contributed by atoms with van der Waals surface area (Å²) < 4.78 is 10.6. The van der Waals surface area contributed by atoms with Crippen LogP contribution < -0.4 is 9.47 Å². The Kier molecular flexibility index (Phi) is 4.99. The number of amides is 1. The van der Waals surface area contributed by atoms with Gasteiger partial charge in [0.05, 0.1) is 11.5 Å². The average Bonchev–Trinajstić information content (AvgIpc) is 2.49. The zero-order chi connectivity index (χ0) is 17.0. The summed E-state index contributed by atoms with van der Waals surface area (Å²) in [4.78, 5) is 39.4. The van der Waals surface area contributed by atoms with Crippen LogP contribution in [-0.4, -0.2) is 41.7 Å². The van der Waals surface area contributed by atoms with Gasteiger partial charge in [-0.25, -0.2) is 0 Å². The summed E-state index contributed by atoms with van der Waals surface area (Å²) in [6, 6.07) is 4.46. The SMILES string of the molecule is CC(C)C(=O)Oc1ccc2c(c1)OCN(CCO[N+](=O)[O-])C2=O. The summed E-state index contributed by atoms with van der Waals surface area (Å²) in [7, 11) is 0. The molecule has 124 valence electrons. The van der Waals surface area contributed by atoms with Gasteiger partial charge >= 0.3 is 5.97 Å². The van der Waals surface area contributed by atoms with Gasteiger partial charge in [0.25, 0.3) is 11.0 Å². The van der Waals surface area contributed by atoms with Crippen LogP contribution in [0, 0.1) is 16.0 Å². The van der Waals surface area contributed by atoms with E-state index in [2.05, 4.69) is 4.84 Å². The molecule has 23 heavy (non-hydrogen) atoms. The molecule has 2 rings (SSSR count). The summed E-state index contributed by atoms with van der Waals surface area (Å²) in [6.45, 7) is 3.16. The van der Waals surface area contributed by atoms with E-state index < -0.39 is 5.09 Å². The van der Waals surface area contributed by atoms with Crippen LogP contribution in [0.1, 0.15) is 24.2 Å². The molecular formula is C14H16N2O7. The minimum absolute atomic E-state index is 0.0311. The van der Waals surface area contributed by atoms with Crippen LogP contribution in [0.15, 0.2) is 18.2 Å². The number of fused-ring (bicyclic) bond motifs is 1. The van der Waals surface area contributed by atoms with Gasteiger partial charge in [-0.15, -0.1) is 10.1 Å². The fourth-order valence-electron chi connectivity index (χ4n) is 1.86. The number of ether oxygens (including phenoxy) is 2. The summed E-state index contributed by atoms with van der Waals surface area (Å²) in [6.07, 6.45) is 0. The van der Waals surface area contributed by atoms with E-state index in [9.17, 15) is 19.7 Å². The smallest absolute Gasteiger partial charge is 0.313 e. The Balaban J connectivity index is 2.04. The lowest BCUT2D eigenvalue weighted by molar-refractivity contribution is -0.757. The van der Waals surface area contributed by atoms with Crippen molar-refractivity contribution in [1.82, 2.24) is 4.90 Å². The molecule has 0 N–H and O–H groups in total. The number of rotatable bonds is 6. The topological polar surface area (TPSA) is 108 Å². The van der Waals surface area contributed by atoms with E-state index in [-0.39, 0.29) is 37.7 Å². The molecule has 0 fully saturated rings. The maximum Gasteiger partial charge on any atom is 0.313 e. The lowest BCUT2D eigenvalue weighted by Gasteiger charge is -2.28. The third-order valence-electron chi connectivity index (χ3n) is 3.09. The molecule has 0 saturated heterocycles. The van der Waals surface area contributed by atoms with Gasteiger partial charge in [0, 0.05) is 12.6 Å². The van der Waals surface area contributed by atoms with Crippen molar-refractivity contribution in [1.29, 1.82) is 0 Å². The zero-order valence-electron chi connectivity index (χ0n) is 12.7. The quantitative estimate of drug-likeness (QED) is 0.335. The third-order valence-corrected chi connectivity index (χ3v) is 3.09. The second kappa shape index (κ2) is 6.95. The van der Waals surface area contributed by atoms with Gasteiger partial charge in [-0.2, -0.15) is 0 Å². The number of nitrogens with zero attached hydrogens (tertiary/aromatic N) is 2. The number of carbonyl (C=O) groups excluding carboxylic acids is 2. The Labute approximate surface area is 131 Å². The minimum atomic E-state index is -0.918. The van der Waals surface area contributed by atoms with Crippen molar-refractivity contribution in [3.63, 3.8) is 0 Å². The second-order valence-electron chi connectivity index (χ2n) is 5.13. The molecule has 1 aliphatic heterocycles. The highest BCUT2D eigenvalue weighted by Gasteiger charge is 2.26. The molecule has 0 aliphatic carbocycles. The first-order valence-electron chi connectivity index (χ1n) is 6.93. The van der Waals surface area contributed by atoms with Crippen molar-refractivity contribution in [2.24, 2.45) is 5.92 Å². The Morgan fingerprint density at radius 3 is 2.87 bits per heavy atom. The van der Waals surface area contributed by atoms with Gasteiger partial charge in [-0.1, -0.05) is 13.8 Å². The molecule has 9 heteroatoms. The number of esters is 1. The van der Waals surface area contributed by atoms with Crippen molar-refractivity contribution >= 4 is 11.9 Å². The van der Waals surface area contributed by atoms with E-state index in [1.807, 2.05) is 0 Å². The van der Waals surface area contributed by atoms with Gasteiger partial charge in [-0.05, 0) is 12.1 Å². The third kappa shape index (κ3) is 4.09. The molecule has 0 spiro atoms. The van der Waals surface area contributed by atoms with Crippen LogP contribution in [0.3, 0.4) is 0 Å². The molecule has 0 saturated carbocycles. The van der Waals surface area contributed by atoms with Gasteiger partial charge < -0.3 is 19.2 Å². The fourth-order valence-corrected chi connectivity index (χ4v) is 1.86. The lowest BCUT2D eigenvalue weighted by atomic mass is 10.1. The highest BCUT2D eigenvalue weighted by molar-refractivity contribution is 5.98. The van der Waals surface area contributed by atoms with Crippen molar-refractivity contribution in [3.8, 4) is 11.5 Å². The largest absolute Gasteiger partial charge is 0.472 e. The van der Waals surface area contributed by atoms with E-state index in [0.717, 1.165) is 0 Å². The minimum Gasteiger partial charge on any atom is -0.472 e. The van der Waals surface area contributed by atoms with Crippen LogP contribution in [-0.2, 0) is 9.63 Å². The van der Waals surface area contributed by atoms with E-state index in [1.165, 1.54) is 23.1 Å². The molecular weight excluding hydrogens is 308 g/mol. The maximum absolute atomic E-state index is 12.2. The summed E-state index contributed by atoms with van der Waals surface area (Å²) in [5, 5.41) is 9.18. The predicted octanol–water partition coefficient (Wildman–Crippen LogP) is 1.25. The first-order chi connectivity index (χ1) is 10.9. The monoisotopic (exact) mass is 324 g/mol. The van der Waals surface area contributed by atoms with Crippen molar-refractivity contribution in [3.05, 3.63) is 33.9 Å². The van der Waals surface area contributed by atoms with Crippen LogP contribution >= 0.6 is 0 Å². The summed E-state index contributed by atoms with van der Waals surface area (Å²) >= 11 is 0. The van der Waals surface area contributed by atoms with Gasteiger partial charge in [0.15, 0.2) is 6.73 Å². The standard InChI is InChI=1S/C14H16N2O7/c1-9(2)14(18)23-10-3-4-11-12(7-10)21-8-15(13(11)17)5-6-22-16(19)20/h3-4,7,9H,5-6,8H2,1-2H3. The fraction of sp³-hybridized carbons (Fsp3) is 0.429. The second-order valence-corrected chi connectivity index (χ2v) is 5.13. The van der Waals surface area contributed by atoms with Crippen molar-refractivity contribution in [2.75, 3.05) is 19.9 Å². The van der Waals surface area contributed by atoms with E-state index in [0.29, 0.717) is 17.1 Å². The van der Waals surface area contributed by atoms with Crippen molar-refractivity contribution < 1.29 is 29.0 Å². The van der Waals surface area contributed by atoms with Crippen LogP contribution in [0.5, 0.6) is 11.5 Å². The number of benzene rings is 1. The first-order valence-corrected chi connectivity index (χ1v) is 6.93. The first kappa shape index (κ1) is 16.5. The molecule has 9 nitrogen and oxygen atoms in total. The number of hydrogen-bond acceptors (Lipinski definition) is 7. The van der Waals surface area contributed by atoms with E-state index in [4.69, 9.17) is 9.47 Å². The maximum atomic E-state index is 12.2. The molecule has 0 aromatic heterocycles. The highest BCUT2D eigenvalue weighted by Crippen LogP contribution is 2.29. The number of carbonyl (C=O) groups is 2. The molecule has 1 amide bonds. The van der Waals surface area contributed by atoms with Crippen LogP contribution in [0.4, 0.5) is 0 Å². The summed E-state index contributed by atoms with van der Waals surface area (Å²) in [5.74, 6) is -0.396. The average molecular weight is 324 g/mol. The molecule has 0 unspecified atom stereocenters. The van der Waals surface area contributed by atoms with Gasteiger partial charge in [0.2, 0.25) is 0 Å². The van der Waals surface area contributed by atoms with Crippen molar-refractivity contribution in [2.45, 2.75) is 13.8 Å². The normalized spacial score (nSPS) is 13.3. The molecule has 1 aromatic carbocycles. The lowest BCUT2D eigenvalue weighted by Crippen LogP contribution is -2.40. The molecule has 1 heterocycles. The Bertz CT molecular complexity index is 630. The Hall–Kier alpha value is -2.84. The van der Waals surface area contributed by atoms with Gasteiger partial charge in [0.1, 0.15) is 18.1 Å². The molecule has 0 atom stereocenters. The molecule has 0 bridgehead atoms. The summed E-state index contributed by atoms with van der Waals surface area (Å²) in [5.41, 5.74) is 0.293. The molecule has 1 aromatic rings. The number of hydrogen-bond donors (Lipinski definition) is 0. The molecule has 0 radical (unpaired) electrons. The van der Waals surface area contributed by atoms with Gasteiger partial charge in [-0.3, -0.25) is 9.59 Å².